The molecule has 27 heavy (non-hydrogen) atoms. The van der Waals surface area contributed by atoms with Crippen LogP contribution in [-0.4, -0.2) is 67.3 Å². The van der Waals surface area contributed by atoms with Crippen LogP contribution in [0.15, 0.2) is 4.52 Å². The number of nitrogens with one attached hydrogen (secondary N) is 2. The first-order valence-corrected chi connectivity index (χ1v) is 8.08. The van der Waals surface area contributed by atoms with Crippen molar-refractivity contribution in [2.45, 2.75) is 50.4 Å². The highest BCUT2D eigenvalue weighted by Crippen LogP contribution is 2.19. The van der Waals surface area contributed by atoms with Crippen molar-refractivity contribution >= 4 is 18.0 Å². The normalized spacial score (nSPS) is 15.4. The number of carbonyl (C=O) groups excluding carboxylic acids is 2. The van der Waals surface area contributed by atoms with Crippen molar-refractivity contribution in [1.29, 1.82) is 0 Å². The quantitative estimate of drug-likeness (QED) is 0.221. The first kappa shape index (κ1) is 22.3. The summed E-state index contributed by atoms with van der Waals surface area (Å²) in [7, 11) is 0. The molecule has 0 aliphatic rings. The number of carboxylic acid groups (broad SMARTS) is 1. The van der Waals surface area contributed by atoms with Gasteiger partial charge < -0.3 is 41.3 Å². The first-order valence-electron chi connectivity index (χ1n) is 8.08. The highest BCUT2D eigenvalue weighted by Gasteiger charge is 2.33. The van der Waals surface area contributed by atoms with Crippen LogP contribution in [0.3, 0.4) is 0 Å². The molecule has 152 valence electrons. The zero-order valence-electron chi connectivity index (χ0n) is 14.6. The van der Waals surface area contributed by atoms with Crippen molar-refractivity contribution in [3.63, 3.8) is 0 Å². The summed E-state index contributed by atoms with van der Waals surface area (Å²) in [4.78, 5) is 38.1. The molecule has 2 amide bonds. The summed E-state index contributed by atoms with van der Waals surface area (Å²) in [6, 6.07) is -4.11. The van der Waals surface area contributed by atoms with Gasteiger partial charge in [0.15, 0.2) is 5.82 Å². The SMILES string of the molecule is CC(O)[C@H](NC(=O)N[C@@H](CCC(=O)O)c1nc([C@@H](N)CCO)no1)C(=O)[OH2+]. The topological polar surface area (TPSA) is 224 Å². The lowest BCUT2D eigenvalue weighted by molar-refractivity contribution is -0.141. The van der Waals surface area contributed by atoms with Crippen molar-refractivity contribution in [3.05, 3.63) is 11.7 Å². The molecule has 1 heterocycles. The third kappa shape index (κ3) is 7.16. The number of carboxylic acids is 1. The second-order valence-electron chi connectivity index (χ2n) is 5.79. The van der Waals surface area contributed by atoms with E-state index in [2.05, 4.69) is 20.8 Å². The Morgan fingerprint density at radius 2 is 1.96 bits per heavy atom. The minimum atomic E-state index is -1.46. The molecular weight excluding hydrogens is 366 g/mol. The summed E-state index contributed by atoms with van der Waals surface area (Å²) in [5.74, 6) is -2.36. The average molecular weight is 390 g/mol. The number of aliphatic hydroxyl groups excluding tert-OH is 2. The predicted octanol–water partition coefficient (Wildman–Crippen LogP) is -2.34. The number of aromatic nitrogens is 2. The van der Waals surface area contributed by atoms with Gasteiger partial charge in [-0.1, -0.05) is 5.16 Å². The first-order chi connectivity index (χ1) is 12.6. The number of hydrogen-bond acceptors (Lipinski definition) is 9. The monoisotopic (exact) mass is 390 g/mol. The standard InChI is InChI=1S/C14H23N5O8/c1-6(21)10(13(24)25)17-14(26)16-8(2-3-9(22)23)12-18-11(19-27-12)7(15)4-5-20/h6-8,10,20-21H,2-5,15H2,1H3,(H,22,23)(H,24,25)(H2,16,17,26)/p+1/t6?,7-,8-,10-/m0/s1. The fraction of sp³-hybridized carbons (Fsp3) is 0.643. The van der Waals surface area contributed by atoms with Crippen LogP contribution in [0.2, 0.25) is 0 Å². The number of nitrogens with two attached hydrogens (primary N) is 1. The van der Waals surface area contributed by atoms with E-state index in [1.807, 2.05) is 0 Å². The fourth-order valence-electron chi connectivity index (χ4n) is 2.08. The lowest BCUT2D eigenvalue weighted by atomic mass is 10.1. The summed E-state index contributed by atoms with van der Waals surface area (Å²) in [5, 5.41) is 42.4. The number of aliphatic hydroxyl groups is 2. The van der Waals surface area contributed by atoms with Crippen LogP contribution in [-0.2, 0) is 9.59 Å². The second kappa shape index (κ2) is 10.4. The van der Waals surface area contributed by atoms with Crippen LogP contribution in [0.4, 0.5) is 4.79 Å². The Morgan fingerprint density at radius 1 is 1.30 bits per heavy atom. The van der Waals surface area contributed by atoms with Crippen molar-refractivity contribution in [2.24, 2.45) is 5.73 Å². The van der Waals surface area contributed by atoms with Gasteiger partial charge >= 0.3 is 18.0 Å². The lowest BCUT2D eigenvalue weighted by Gasteiger charge is -2.18. The Kier molecular flexibility index (Phi) is 8.58. The minimum absolute atomic E-state index is 0.0739. The summed E-state index contributed by atoms with van der Waals surface area (Å²) in [5.41, 5.74) is 5.75. The number of carbonyl (C=O) groups is 3. The fourth-order valence-corrected chi connectivity index (χ4v) is 2.08. The van der Waals surface area contributed by atoms with Gasteiger partial charge in [-0.05, 0) is 19.8 Å². The number of nitrogens with zero attached hydrogens (tertiary/aromatic N) is 2. The summed E-state index contributed by atoms with van der Waals surface area (Å²) < 4.78 is 5.02. The molecule has 13 heteroatoms. The Hall–Kier alpha value is -2.77. The third-order valence-corrected chi connectivity index (χ3v) is 3.53. The van der Waals surface area contributed by atoms with Gasteiger partial charge in [-0.25, -0.2) is 4.79 Å². The molecule has 0 saturated carbocycles. The number of amides is 2. The molecule has 9 N–H and O–H groups in total. The summed E-state index contributed by atoms with van der Waals surface area (Å²) >= 11 is 0. The highest BCUT2D eigenvalue weighted by molar-refractivity contribution is 5.83. The largest absolute Gasteiger partial charge is 0.563 e. The molecular formula is C14H24N5O8+. The maximum atomic E-state index is 12.1. The van der Waals surface area contributed by atoms with Crippen LogP contribution in [0, 0.1) is 0 Å². The molecule has 0 spiro atoms. The molecule has 0 saturated heterocycles. The van der Waals surface area contributed by atoms with Gasteiger partial charge in [0.2, 0.25) is 11.9 Å². The van der Waals surface area contributed by atoms with Crippen LogP contribution in [0.25, 0.3) is 0 Å². The molecule has 1 aromatic heterocycles. The van der Waals surface area contributed by atoms with E-state index in [9.17, 15) is 19.5 Å². The van der Waals surface area contributed by atoms with Crippen molar-refractivity contribution in [3.8, 4) is 0 Å². The third-order valence-electron chi connectivity index (χ3n) is 3.53. The number of aliphatic carboxylic acids is 1. The highest BCUT2D eigenvalue weighted by atomic mass is 16.5. The van der Waals surface area contributed by atoms with Gasteiger partial charge in [-0.2, -0.15) is 4.98 Å². The van der Waals surface area contributed by atoms with Gasteiger partial charge in [0, 0.05) is 17.8 Å². The Labute approximate surface area is 153 Å². The molecule has 4 atom stereocenters. The molecule has 1 unspecified atom stereocenters. The molecule has 0 radical (unpaired) electrons. The van der Waals surface area contributed by atoms with Gasteiger partial charge in [0.05, 0.1) is 12.1 Å². The van der Waals surface area contributed by atoms with Crippen molar-refractivity contribution in [1.82, 2.24) is 20.8 Å². The Bertz CT molecular complexity index is 649. The number of hydrogen-bond donors (Lipinski definition) is 6. The zero-order valence-corrected chi connectivity index (χ0v) is 14.6. The van der Waals surface area contributed by atoms with Crippen molar-refractivity contribution < 1.29 is 39.3 Å². The molecule has 0 bridgehead atoms. The van der Waals surface area contributed by atoms with E-state index in [1.165, 1.54) is 6.92 Å². The molecule has 13 nitrogen and oxygen atoms in total. The van der Waals surface area contributed by atoms with Crippen LogP contribution < -0.4 is 16.4 Å². The van der Waals surface area contributed by atoms with Crippen molar-refractivity contribution in [2.75, 3.05) is 6.61 Å². The maximum absolute atomic E-state index is 12.1. The van der Waals surface area contributed by atoms with E-state index in [1.54, 1.807) is 0 Å². The van der Waals surface area contributed by atoms with Gasteiger partial charge in [0.25, 0.3) is 0 Å². The van der Waals surface area contributed by atoms with Gasteiger partial charge in [0.1, 0.15) is 6.04 Å². The second-order valence-corrected chi connectivity index (χ2v) is 5.79. The smallest absolute Gasteiger partial charge is 0.541 e. The maximum Gasteiger partial charge on any atom is 0.541 e. The molecule has 1 rings (SSSR count). The zero-order chi connectivity index (χ0) is 20.6. The number of urea groups is 1. The Morgan fingerprint density at radius 3 is 2.48 bits per heavy atom. The molecule has 0 aliphatic carbocycles. The minimum Gasteiger partial charge on any atom is -0.563 e. The molecule has 0 fully saturated rings. The number of rotatable bonds is 11. The van der Waals surface area contributed by atoms with E-state index in [-0.39, 0.29) is 37.6 Å². The van der Waals surface area contributed by atoms with Crippen LogP contribution in [0.5, 0.6) is 0 Å². The predicted molar refractivity (Wildman–Crippen MR) is 88.3 cm³/mol. The van der Waals surface area contributed by atoms with Gasteiger partial charge in [-0.3, -0.25) is 4.79 Å². The molecule has 0 aliphatic heterocycles. The van der Waals surface area contributed by atoms with E-state index in [0.29, 0.717) is 0 Å². The molecule has 1 aromatic rings. The van der Waals surface area contributed by atoms with E-state index < -0.39 is 42.2 Å². The van der Waals surface area contributed by atoms with Gasteiger partial charge in [-0.15, -0.1) is 0 Å². The van der Waals surface area contributed by atoms with Crippen LogP contribution >= 0.6 is 0 Å². The van der Waals surface area contributed by atoms with E-state index in [4.69, 9.17) is 25.6 Å². The summed E-state index contributed by atoms with van der Waals surface area (Å²) in [6.07, 6.45) is -1.56. The lowest BCUT2D eigenvalue weighted by Crippen LogP contribution is -2.51. The van der Waals surface area contributed by atoms with E-state index in [0.717, 1.165) is 0 Å². The van der Waals surface area contributed by atoms with E-state index >= 15 is 0 Å². The van der Waals surface area contributed by atoms with Crippen LogP contribution in [0.1, 0.15) is 50.0 Å². The molecule has 0 aromatic carbocycles. The average Bonchev–Trinajstić information content (AvgIpc) is 3.06. The Balaban J connectivity index is 2.89. The summed E-state index contributed by atoms with van der Waals surface area (Å²) in [6.45, 7) is 1.03.